The molecule has 0 aromatic rings. The number of piperidine rings is 1. The minimum absolute atomic E-state index is 0.937. The van der Waals surface area contributed by atoms with Gasteiger partial charge < -0.3 is 10.2 Å². The Bertz CT molecular complexity index is 143. The molecule has 0 aromatic carbocycles. The van der Waals surface area contributed by atoms with Gasteiger partial charge in [-0.3, -0.25) is 0 Å². The van der Waals surface area contributed by atoms with Gasteiger partial charge in [0.2, 0.25) is 0 Å². The highest BCUT2D eigenvalue weighted by Crippen LogP contribution is 2.17. The van der Waals surface area contributed by atoms with E-state index in [-0.39, 0.29) is 0 Å². The largest absolute Gasteiger partial charge is 0.316 e. The summed E-state index contributed by atoms with van der Waals surface area (Å²) >= 11 is 0. The van der Waals surface area contributed by atoms with Crippen LogP contribution in [0.1, 0.15) is 19.8 Å². The van der Waals surface area contributed by atoms with Gasteiger partial charge in [-0.05, 0) is 31.2 Å². The Morgan fingerprint density at radius 2 is 2.25 bits per heavy atom. The van der Waals surface area contributed by atoms with Crippen molar-refractivity contribution in [3.05, 3.63) is 0 Å². The summed E-state index contributed by atoms with van der Waals surface area (Å²) in [6, 6.07) is 0. The molecule has 0 saturated carbocycles. The van der Waals surface area contributed by atoms with Crippen LogP contribution in [0, 0.1) is 11.8 Å². The van der Waals surface area contributed by atoms with Crippen molar-refractivity contribution in [1.82, 2.24) is 10.2 Å². The number of rotatable bonds is 2. The summed E-state index contributed by atoms with van der Waals surface area (Å²) in [4.78, 5) is 2.65. The summed E-state index contributed by atoms with van der Waals surface area (Å²) in [6.45, 7) is 8.93. The van der Waals surface area contributed by atoms with Gasteiger partial charge in [0.25, 0.3) is 0 Å². The van der Waals surface area contributed by atoms with Crippen molar-refractivity contribution in [1.29, 1.82) is 0 Å². The third-order valence-corrected chi connectivity index (χ3v) is 3.12. The first-order valence-corrected chi connectivity index (χ1v) is 5.27. The molecule has 0 radical (unpaired) electrons. The maximum atomic E-state index is 3.34. The van der Waals surface area contributed by atoms with Crippen LogP contribution in [0.4, 0.5) is 0 Å². The van der Waals surface area contributed by atoms with E-state index in [1.54, 1.807) is 0 Å². The highest BCUT2D eigenvalue weighted by molar-refractivity contribution is 4.80. The Morgan fingerprint density at radius 1 is 1.42 bits per heavy atom. The fourth-order valence-corrected chi connectivity index (χ4v) is 2.30. The standard InChI is InChI=1S/C10H20N2/c1-9-3-2-4-12(7-9)8-10-5-11-6-10/h9-11H,2-8H2,1H3. The van der Waals surface area contributed by atoms with E-state index < -0.39 is 0 Å². The van der Waals surface area contributed by atoms with E-state index in [9.17, 15) is 0 Å². The quantitative estimate of drug-likeness (QED) is 0.660. The van der Waals surface area contributed by atoms with Crippen LogP contribution >= 0.6 is 0 Å². The van der Waals surface area contributed by atoms with Gasteiger partial charge in [0.15, 0.2) is 0 Å². The molecule has 2 nitrogen and oxygen atoms in total. The monoisotopic (exact) mass is 168 g/mol. The number of hydrogen-bond acceptors (Lipinski definition) is 2. The Kier molecular flexibility index (Phi) is 2.66. The molecular formula is C10H20N2. The average molecular weight is 168 g/mol. The third-order valence-electron chi connectivity index (χ3n) is 3.12. The SMILES string of the molecule is CC1CCCN(CC2CNC2)C1. The van der Waals surface area contributed by atoms with Crippen LogP contribution in [0.25, 0.3) is 0 Å². The molecule has 2 heteroatoms. The van der Waals surface area contributed by atoms with Crippen LogP contribution in [0.15, 0.2) is 0 Å². The molecule has 12 heavy (non-hydrogen) atoms. The summed E-state index contributed by atoms with van der Waals surface area (Å²) in [6.07, 6.45) is 2.86. The van der Waals surface area contributed by atoms with Crippen molar-refractivity contribution in [2.45, 2.75) is 19.8 Å². The first-order chi connectivity index (χ1) is 5.84. The van der Waals surface area contributed by atoms with E-state index in [0.29, 0.717) is 0 Å². The second-order valence-electron chi connectivity index (χ2n) is 4.53. The minimum atomic E-state index is 0.937. The molecule has 2 fully saturated rings. The second kappa shape index (κ2) is 3.75. The molecule has 0 aromatic heterocycles. The average Bonchev–Trinajstić information content (AvgIpc) is 1.97. The van der Waals surface area contributed by atoms with Crippen molar-refractivity contribution in [2.75, 3.05) is 32.7 Å². The molecule has 2 aliphatic rings. The molecule has 2 aliphatic heterocycles. The van der Waals surface area contributed by atoms with Crippen molar-refractivity contribution in [3.8, 4) is 0 Å². The van der Waals surface area contributed by atoms with Crippen LogP contribution in [-0.4, -0.2) is 37.6 Å². The van der Waals surface area contributed by atoms with E-state index >= 15 is 0 Å². The van der Waals surface area contributed by atoms with Gasteiger partial charge in [-0.15, -0.1) is 0 Å². The van der Waals surface area contributed by atoms with Gasteiger partial charge in [-0.25, -0.2) is 0 Å². The molecular weight excluding hydrogens is 148 g/mol. The lowest BCUT2D eigenvalue weighted by Crippen LogP contribution is -2.49. The van der Waals surface area contributed by atoms with Crippen LogP contribution in [0.5, 0.6) is 0 Å². The normalized spacial score (nSPS) is 33.2. The zero-order valence-corrected chi connectivity index (χ0v) is 8.05. The summed E-state index contributed by atoms with van der Waals surface area (Å²) in [7, 11) is 0. The van der Waals surface area contributed by atoms with Crippen LogP contribution in [0.3, 0.4) is 0 Å². The van der Waals surface area contributed by atoms with Crippen LogP contribution < -0.4 is 5.32 Å². The molecule has 70 valence electrons. The lowest BCUT2D eigenvalue weighted by molar-refractivity contribution is 0.139. The van der Waals surface area contributed by atoms with E-state index in [1.807, 2.05) is 0 Å². The fraction of sp³-hybridized carbons (Fsp3) is 1.00. The molecule has 0 aliphatic carbocycles. The fourth-order valence-electron chi connectivity index (χ4n) is 2.30. The second-order valence-corrected chi connectivity index (χ2v) is 4.53. The highest BCUT2D eigenvalue weighted by atomic mass is 15.1. The van der Waals surface area contributed by atoms with Gasteiger partial charge in [0.1, 0.15) is 0 Å². The van der Waals surface area contributed by atoms with Crippen molar-refractivity contribution in [2.24, 2.45) is 11.8 Å². The van der Waals surface area contributed by atoms with Gasteiger partial charge >= 0.3 is 0 Å². The molecule has 0 amide bonds. The van der Waals surface area contributed by atoms with Crippen molar-refractivity contribution in [3.63, 3.8) is 0 Å². The van der Waals surface area contributed by atoms with E-state index in [1.165, 1.54) is 45.6 Å². The van der Waals surface area contributed by atoms with Gasteiger partial charge in [0, 0.05) is 26.2 Å². The van der Waals surface area contributed by atoms with Crippen LogP contribution in [-0.2, 0) is 0 Å². The van der Waals surface area contributed by atoms with Crippen LogP contribution in [0.2, 0.25) is 0 Å². The van der Waals surface area contributed by atoms with Gasteiger partial charge in [-0.2, -0.15) is 0 Å². The van der Waals surface area contributed by atoms with Crippen molar-refractivity contribution < 1.29 is 0 Å². The summed E-state index contributed by atoms with van der Waals surface area (Å²) in [5.41, 5.74) is 0. The molecule has 0 spiro atoms. The summed E-state index contributed by atoms with van der Waals surface area (Å²) in [5, 5.41) is 3.34. The predicted octanol–water partition coefficient (Wildman–Crippen LogP) is 0.938. The zero-order chi connectivity index (χ0) is 8.39. The molecule has 2 heterocycles. The molecule has 1 atom stereocenters. The Labute approximate surface area is 75.3 Å². The third kappa shape index (κ3) is 1.99. The lowest BCUT2D eigenvalue weighted by Gasteiger charge is -2.37. The Hall–Kier alpha value is -0.0800. The number of nitrogens with one attached hydrogen (secondary N) is 1. The van der Waals surface area contributed by atoms with Gasteiger partial charge in [-0.1, -0.05) is 6.92 Å². The molecule has 2 saturated heterocycles. The summed E-state index contributed by atoms with van der Waals surface area (Å²) in [5.74, 6) is 1.89. The molecule has 1 unspecified atom stereocenters. The lowest BCUT2D eigenvalue weighted by atomic mass is 9.97. The number of nitrogens with zero attached hydrogens (tertiary/aromatic N) is 1. The number of hydrogen-bond donors (Lipinski definition) is 1. The van der Waals surface area contributed by atoms with Gasteiger partial charge in [0.05, 0.1) is 0 Å². The predicted molar refractivity (Wildman–Crippen MR) is 51.2 cm³/mol. The maximum Gasteiger partial charge on any atom is 0.00341 e. The minimum Gasteiger partial charge on any atom is -0.316 e. The zero-order valence-electron chi connectivity index (χ0n) is 8.05. The first kappa shape index (κ1) is 8.52. The smallest absolute Gasteiger partial charge is 0.00341 e. The molecule has 1 N–H and O–H groups in total. The van der Waals surface area contributed by atoms with E-state index in [2.05, 4.69) is 17.1 Å². The topological polar surface area (TPSA) is 15.3 Å². The first-order valence-electron chi connectivity index (χ1n) is 5.27. The number of likely N-dealkylation sites (tertiary alicyclic amines) is 1. The maximum absolute atomic E-state index is 3.34. The Morgan fingerprint density at radius 3 is 2.83 bits per heavy atom. The van der Waals surface area contributed by atoms with E-state index in [0.717, 1.165) is 11.8 Å². The Balaban J connectivity index is 1.71. The molecule has 0 bridgehead atoms. The highest BCUT2D eigenvalue weighted by Gasteiger charge is 2.22. The summed E-state index contributed by atoms with van der Waals surface area (Å²) < 4.78 is 0. The molecule has 2 rings (SSSR count). The van der Waals surface area contributed by atoms with E-state index in [4.69, 9.17) is 0 Å². The van der Waals surface area contributed by atoms with Crippen molar-refractivity contribution >= 4 is 0 Å².